The minimum absolute atomic E-state index is 0.226. The predicted octanol–water partition coefficient (Wildman–Crippen LogP) is 8.05. The van der Waals surface area contributed by atoms with E-state index < -0.39 is 0 Å². The number of thiocarbonyl (C=S) groups is 1. The zero-order chi connectivity index (χ0) is 26.9. The molecule has 0 bridgehead atoms. The number of H-pyrrole nitrogens is 1. The zero-order valence-corrected chi connectivity index (χ0v) is 22.9. The molecule has 4 aromatic carbocycles. The van der Waals surface area contributed by atoms with Gasteiger partial charge < -0.3 is 10.3 Å². The van der Waals surface area contributed by atoms with Crippen molar-refractivity contribution in [2.75, 3.05) is 5.32 Å². The van der Waals surface area contributed by atoms with Crippen LogP contribution in [0.25, 0.3) is 22.0 Å². The van der Waals surface area contributed by atoms with E-state index in [1.165, 1.54) is 0 Å². The van der Waals surface area contributed by atoms with Crippen molar-refractivity contribution in [2.24, 2.45) is 5.10 Å². The molecule has 1 atom stereocenters. The van der Waals surface area contributed by atoms with Crippen LogP contribution in [-0.2, 0) is 0 Å². The van der Waals surface area contributed by atoms with Crippen LogP contribution in [0.3, 0.4) is 0 Å². The van der Waals surface area contributed by atoms with E-state index in [-0.39, 0.29) is 11.6 Å². The molecule has 0 saturated heterocycles. The largest absolute Gasteiger partial charge is 0.331 e. The second kappa shape index (κ2) is 10.7. The summed E-state index contributed by atoms with van der Waals surface area (Å²) in [6, 6.07) is 32.4. The van der Waals surface area contributed by atoms with Gasteiger partial charge in [-0.1, -0.05) is 83.9 Å². The number of para-hydroxylation sites is 1. The van der Waals surface area contributed by atoms with E-state index in [1.807, 2.05) is 97.1 Å². The van der Waals surface area contributed by atoms with Crippen molar-refractivity contribution in [2.45, 2.75) is 12.5 Å². The van der Waals surface area contributed by atoms with Crippen molar-refractivity contribution < 1.29 is 0 Å². The second-order valence-corrected chi connectivity index (χ2v) is 10.5. The number of anilines is 1. The number of aromatic amines is 1. The maximum Gasteiger partial charge on any atom is 0.258 e. The third-order valence-electron chi connectivity index (χ3n) is 6.70. The molecule has 0 radical (unpaired) electrons. The summed E-state index contributed by atoms with van der Waals surface area (Å²) < 4.78 is 0. The summed E-state index contributed by atoms with van der Waals surface area (Å²) >= 11 is 18.6. The van der Waals surface area contributed by atoms with Gasteiger partial charge in [0.05, 0.1) is 17.3 Å². The van der Waals surface area contributed by atoms with Gasteiger partial charge in [0.1, 0.15) is 0 Å². The normalized spacial score (nSPS) is 14.9. The Morgan fingerprint density at radius 2 is 1.59 bits per heavy atom. The van der Waals surface area contributed by atoms with Gasteiger partial charge in [0.2, 0.25) is 0 Å². The van der Waals surface area contributed by atoms with Crippen LogP contribution in [0.15, 0.2) is 113 Å². The standard InChI is InChI=1S/C31H22Cl2N4OS/c32-21-11-7-10-20(16-21)27-18-26(36-37(27)31(39)34-23-12-5-2-6-13-23)29-28(19-8-3-1-4-9-19)24-17-22(33)14-15-25(24)35-30(29)38/h1-17,27H,18H2,(H,34,39)(H,35,38)/t27-/m1/s1. The Bertz CT molecular complexity index is 1790. The van der Waals surface area contributed by atoms with Gasteiger partial charge in [-0.05, 0) is 65.8 Å². The lowest BCUT2D eigenvalue weighted by atomic mass is 9.91. The summed E-state index contributed by atoms with van der Waals surface area (Å²) in [5.74, 6) is 0. The van der Waals surface area contributed by atoms with Crippen molar-refractivity contribution in [1.29, 1.82) is 0 Å². The quantitative estimate of drug-likeness (QED) is 0.215. The van der Waals surface area contributed by atoms with Crippen LogP contribution in [0, 0.1) is 0 Å². The van der Waals surface area contributed by atoms with E-state index in [2.05, 4.69) is 10.3 Å². The zero-order valence-electron chi connectivity index (χ0n) is 20.6. The van der Waals surface area contributed by atoms with Gasteiger partial charge in [-0.2, -0.15) is 5.10 Å². The third-order valence-corrected chi connectivity index (χ3v) is 7.46. The number of hydrazone groups is 1. The van der Waals surface area contributed by atoms with Gasteiger partial charge in [0, 0.05) is 38.6 Å². The highest BCUT2D eigenvalue weighted by atomic mass is 35.5. The van der Waals surface area contributed by atoms with Gasteiger partial charge in [0.25, 0.3) is 5.56 Å². The molecule has 0 spiro atoms. The number of halogens is 2. The minimum Gasteiger partial charge on any atom is -0.331 e. The van der Waals surface area contributed by atoms with E-state index in [9.17, 15) is 4.79 Å². The number of hydrogen-bond donors (Lipinski definition) is 2. The number of nitrogens with one attached hydrogen (secondary N) is 2. The molecule has 1 aromatic heterocycles. The molecule has 1 aliphatic heterocycles. The number of pyridine rings is 1. The monoisotopic (exact) mass is 568 g/mol. The molecule has 2 N–H and O–H groups in total. The van der Waals surface area contributed by atoms with Crippen molar-refractivity contribution in [1.82, 2.24) is 9.99 Å². The van der Waals surface area contributed by atoms with Crippen LogP contribution >= 0.6 is 35.4 Å². The number of benzene rings is 4. The third kappa shape index (κ3) is 5.06. The van der Waals surface area contributed by atoms with Crippen LogP contribution in [0.4, 0.5) is 5.69 Å². The Labute approximate surface area is 240 Å². The lowest BCUT2D eigenvalue weighted by molar-refractivity contribution is 0.375. The van der Waals surface area contributed by atoms with E-state index in [4.69, 9.17) is 40.5 Å². The summed E-state index contributed by atoms with van der Waals surface area (Å²) in [7, 11) is 0. The maximum atomic E-state index is 13.7. The Kier molecular flexibility index (Phi) is 6.92. The molecule has 0 fully saturated rings. The number of aromatic nitrogens is 1. The summed E-state index contributed by atoms with van der Waals surface area (Å²) in [6.45, 7) is 0. The molecule has 192 valence electrons. The van der Waals surface area contributed by atoms with Crippen molar-refractivity contribution >= 4 is 62.8 Å². The Balaban J connectivity index is 1.53. The highest BCUT2D eigenvalue weighted by molar-refractivity contribution is 7.80. The fourth-order valence-electron chi connectivity index (χ4n) is 4.97. The average Bonchev–Trinajstić information content (AvgIpc) is 3.39. The smallest absolute Gasteiger partial charge is 0.258 e. The van der Waals surface area contributed by atoms with E-state index in [0.717, 1.165) is 27.8 Å². The van der Waals surface area contributed by atoms with Crippen LogP contribution in [0.2, 0.25) is 10.0 Å². The first-order valence-electron chi connectivity index (χ1n) is 12.4. The predicted molar refractivity (Wildman–Crippen MR) is 165 cm³/mol. The summed E-state index contributed by atoms with van der Waals surface area (Å²) in [5, 5.41) is 12.5. The van der Waals surface area contributed by atoms with Crippen LogP contribution in [0.5, 0.6) is 0 Å². The summed E-state index contributed by atoms with van der Waals surface area (Å²) in [5.41, 5.74) is 5.07. The van der Waals surface area contributed by atoms with Crippen LogP contribution in [-0.4, -0.2) is 20.8 Å². The molecule has 5 aromatic rings. The van der Waals surface area contributed by atoms with Gasteiger partial charge in [0.15, 0.2) is 5.11 Å². The first kappa shape index (κ1) is 25.3. The molecule has 0 saturated carbocycles. The highest BCUT2D eigenvalue weighted by Gasteiger charge is 2.34. The Morgan fingerprint density at radius 1 is 0.872 bits per heavy atom. The summed E-state index contributed by atoms with van der Waals surface area (Å²) in [4.78, 5) is 16.7. The van der Waals surface area contributed by atoms with Crippen LogP contribution < -0.4 is 10.9 Å². The van der Waals surface area contributed by atoms with Crippen LogP contribution in [0.1, 0.15) is 23.6 Å². The summed E-state index contributed by atoms with van der Waals surface area (Å²) in [6.07, 6.45) is 0.450. The van der Waals surface area contributed by atoms with Gasteiger partial charge >= 0.3 is 0 Å². The SMILES string of the molecule is O=c1[nH]c2ccc(Cl)cc2c(-c2ccccc2)c1C1=NN(C(=S)Nc2ccccc2)[C@@H](c2cccc(Cl)c2)C1. The molecule has 0 unspecified atom stereocenters. The number of hydrogen-bond acceptors (Lipinski definition) is 3. The fourth-order valence-corrected chi connectivity index (χ4v) is 5.63. The molecule has 2 heterocycles. The molecule has 1 aliphatic rings. The number of nitrogens with zero attached hydrogens (tertiary/aromatic N) is 2. The van der Waals surface area contributed by atoms with Gasteiger partial charge in [-0.15, -0.1) is 0 Å². The van der Waals surface area contributed by atoms with Crippen molar-refractivity contribution in [3.8, 4) is 11.1 Å². The molecule has 8 heteroatoms. The van der Waals surface area contributed by atoms with Gasteiger partial charge in [-0.25, -0.2) is 5.01 Å². The lowest BCUT2D eigenvalue weighted by Crippen LogP contribution is -2.31. The average molecular weight is 570 g/mol. The van der Waals surface area contributed by atoms with Gasteiger partial charge in [-0.3, -0.25) is 4.79 Å². The minimum atomic E-state index is -0.263. The molecular formula is C31H22Cl2N4OS. The van der Waals surface area contributed by atoms with E-state index in [0.29, 0.717) is 38.4 Å². The topological polar surface area (TPSA) is 60.5 Å². The number of rotatable bonds is 4. The molecule has 6 rings (SSSR count). The molecular weight excluding hydrogens is 547 g/mol. The molecule has 0 aliphatic carbocycles. The fraction of sp³-hybridized carbons (Fsp3) is 0.0645. The molecule has 39 heavy (non-hydrogen) atoms. The molecule has 0 amide bonds. The first-order chi connectivity index (χ1) is 19.0. The lowest BCUT2D eigenvalue weighted by Gasteiger charge is -2.25. The second-order valence-electron chi connectivity index (χ2n) is 9.22. The highest BCUT2D eigenvalue weighted by Crippen LogP contribution is 2.38. The van der Waals surface area contributed by atoms with E-state index >= 15 is 0 Å². The molecule has 5 nitrogen and oxygen atoms in total. The van der Waals surface area contributed by atoms with Crippen molar-refractivity contribution in [3.05, 3.63) is 135 Å². The maximum absolute atomic E-state index is 13.7. The Hall–Kier alpha value is -3.97. The van der Waals surface area contributed by atoms with Crippen molar-refractivity contribution in [3.63, 3.8) is 0 Å². The number of fused-ring (bicyclic) bond motifs is 1. The Morgan fingerprint density at radius 3 is 2.33 bits per heavy atom. The first-order valence-corrected chi connectivity index (χ1v) is 13.5. The van der Waals surface area contributed by atoms with E-state index in [1.54, 1.807) is 11.1 Å².